The molecule has 3 aromatic rings. The molecule has 0 saturated heterocycles. The molecule has 0 aliphatic carbocycles. The van der Waals surface area contributed by atoms with Crippen molar-refractivity contribution in [2.45, 2.75) is 0 Å². The largest absolute Gasteiger partial charge is 0.224 e. The molecule has 1 aromatic carbocycles. The Hall–Kier alpha value is -1.44. The van der Waals surface area contributed by atoms with Crippen molar-refractivity contribution in [1.82, 2.24) is 30.0 Å². The summed E-state index contributed by atoms with van der Waals surface area (Å²) in [5.41, 5.74) is 1.38. The highest BCUT2D eigenvalue weighted by Gasteiger charge is 2.17. The Morgan fingerprint density at radius 2 is 2.05 bits per heavy atom. The van der Waals surface area contributed by atoms with E-state index in [0.717, 1.165) is 0 Å². The van der Waals surface area contributed by atoms with Crippen LogP contribution < -0.4 is 0 Å². The number of tetrazole rings is 1. The van der Waals surface area contributed by atoms with Crippen LogP contribution in [-0.2, 0) is 7.05 Å². The molecule has 2 heterocycles. The third-order valence-electron chi connectivity index (χ3n) is 2.60. The molecule has 9 heteroatoms. The maximum Gasteiger partial charge on any atom is 0.209 e. The maximum atomic E-state index is 6.17. The van der Waals surface area contributed by atoms with Crippen LogP contribution in [0.25, 0.3) is 17.1 Å². The molecule has 0 N–H and O–H groups in total. The van der Waals surface area contributed by atoms with Gasteiger partial charge in [-0.2, -0.15) is 9.90 Å². The second-order valence-electron chi connectivity index (χ2n) is 3.96. The zero-order valence-corrected chi connectivity index (χ0v) is 13.2. The van der Waals surface area contributed by atoms with E-state index in [0.29, 0.717) is 31.7 Å². The first-order valence-corrected chi connectivity index (χ1v) is 7.04. The minimum Gasteiger partial charge on any atom is -0.224 e. The predicted octanol–water partition coefficient (Wildman–Crippen LogP) is 3.13. The summed E-state index contributed by atoms with van der Waals surface area (Å²) in [7, 11) is 1.70. The summed E-state index contributed by atoms with van der Waals surface area (Å²) in [6, 6.07) is 5.17. The van der Waals surface area contributed by atoms with Crippen LogP contribution in [0, 0.1) is 0 Å². The molecule has 0 unspecified atom stereocenters. The molecule has 0 amide bonds. The fourth-order valence-corrected chi connectivity index (χ4v) is 2.62. The van der Waals surface area contributed by atoms with Crippen LogP contribution >= 0.6 is 39.1 Å². The minimum absolute atomic E-state index is 0.476. The van der Waals surface area contributed by atoms with Gasteiger partial charge in [-0.1, -0.05) is 23.2 Å². The number of hydrogen-bond donors (Lipinski definition) is 0. The lowest BCUT2D eigenvalue weighted by atomic mass is 10.3. The molecule has 0 radical (unpaired) electrons. The van der Waals surface area contributed by atoms with Crippen molar-refractivity contribution < 1.29 is 0 Å². The van der Waals surface area contributed by atoms with E-state index < -0.39 is 0 Å². The fourth-order valence-electron chi connectivity index (χ4n) is 1.69. The van der Waals surface area contributed by atoms with Crippen LogP contribution in [0.15, 0.2) is 29.0 Å². The second kappa shape index (κ2) is 5.16. The SMILES string of the molecule is Cn1nnc(-c2cnn(-c3cc(Cl)ccc3Cl)c2Br)n1. The van der Waals surface area contributed by atoms with Crippen LogP contribution in [0.2, 0.25) is 10.0 Å². The molecule has 0 aliphatic rings. The van der Waals surface area contributed by atoms with Crippen molar-refractivity contribution in [3.63, 3.8) is 0 Å². The number of halogens is 3. The predicted molar refractivity (Wildman–Crippen MR) is 79.1 cm³/mol. The van der Waals surface area contributed by atoms with Gasteiger partial charge in [0.1, 0.15) is 4.60 Å². The molecule has 0 fully saturated rings. The van der Waals surface area contributed by atoms with E-state index in [1.807, 2.05) is 0 Å². The van der Waals surface area contributed by atoms with E-state index in [-0.39, 0.29) is 0 Å². The van der Waals surface area contributed by atoms with Crippen LogP contribution in [-0.4, -0.2) is 30.0 Å². The Kier molecular flexibility index (Phi) is 3.49. The lowest BCUT2D eigenvalue weighted by Crippen LogP contribution is -1.97. The summed E-state index contributed by atoms with van der Waals surface area (Å²) in [6.45, 7) is 0. The van der Waals surface area contributed by atoms with E-state index in [4.69, 9.17) is 23.2 Å². The molecule has 0 aliphatic heterocycles. The van der Waals surface area contributed by atoms with Gasteiger partial charge in [0.05, 0.1) is 29.5 Å². The van der Waals surface area contributed by atoms with Crippen LogP contribution in [0.3, 0.4) is 0 Å². The van der Waals surface area contributed by atoms with E-state index in [9.17, 15) is 0 Å². The Morgan fingerprint density at radius 1 is 1.25 bits per heavy atom. The van der Waals surface area contributed by atoms with Gasteiger partial charge >= 0.3 is 0 Å². The van der Waals surface area contributed by atoms with Crippen molar-refractivity contribution >= 4 is 39.1 Å². The van der Waals surface area contributed by atoms with E-state index in [2.05, 4.69) is 36.4 Å². The Morgan fingerprint density at radius 3 is 2.75 bits per heavy atom. The van der Waals surface area contributed by atoms with Crippen molar-refractivity contribution in [2.24, 2.45) is 7.05 Å². The smallest absolute Gasteiger partial charge is 0.209 e. The minimum atomic E-state index is 0.476. The quantitative estimate of drug-likeness (QED) is 0.692. The summed E-state index contributed by atoms with van der Waals surface area (Å²) in [5.74, 6) is 0.476. The van der Waals surface area contributed by atoms with Gasteiger partial charge in [-0.05, 0) is 39.3 Å². The van der Waals surface area contributed by atoms with Gasteiger partial charge in [0, 0.05) is 5.02 Å². The normalized spacial score (nSPS) is 11.0. The van der Waals surface area contributed by atoms with Gasteiger partial charge in [0.15, 0.2) is 0 Å². The third kappa shape index (κ3) is 2.32. The van der Waals surface area contributed by atoms with Gasteiger partial charge in [-0.15, -0.1) is 10.2 Å². The lowest BCUT2D eigenvalue weighted by Gasteiger charge is -2.06. The van der Waals surface area contributed by atoms with Crippen molar-refractivity contribution in [3.8, 4) is 17.1 Å². The molecule has 2 aromatic heterocycles. The average molecular weight is 374 g/mol. The van der Waals surface area contributed by atoms with Crippen molar-refractivity contribution in [2.75, 3.05) is 0 Å². The van der Waals surface area contributed by atoms with Crippen LogP contribution in [0.4, 0.5) is 0 Å². The summed E-state index contributed by atoms with van der Waals surface area (Å²) < 4.78 is 2.30. The monoisotopic (exact) mass is 372 g/mol. The van der Waals surface area contributed by atoms with Gasteiger partial charge in [-0.3, -0.25) is 0 Å². The first-order valence-electron chi connectivity index (χ1n) is 5.49. The number of nitrogens with zero attached hydrogens (tertiary/aromatic N) is 6. The summed E-state index contributed by atoms with van der Waals surface area (Å²) >= 11 is 15.6. The number of benzene rings is 1. The molecule has 0 bridgehead atoms. The summed E-state index contributed by atoms with van der Waals surface area (Å²) in [5, 5.41) is 17.3. The summed E-state index contributed by atoms with van der Waals surface area (Å²) in [6.07, 6.45) is 1.64. The van der Waals surface area contributed by atoms with E-state index in [1.54, 1.807) is 36.1 Å². The average Bonchev–Trinajstić information content (AvgIpc) is 2.99. The molecule has 0 atom stereocenters. The highest BCUT2D eigenvalue weighted by molar-refractivity contribution is 9.10. The highest BCUT2D eigenvalue weighted by atomic mass is 79.9. The molecular weight excluding hydrogens is 367 g/mol. The number of rotatable bonds is 2. The number of hydrogen-bond acceptors (Lipinski definition) is 4. The molecule has 0 spiro atoms. The number of aromatic nitrogens is 6. The Balaban J connectivity index is 2.13. The molecule has 0 saturated carbocycles. The van der Waals surface area contributed by atoms with E-state index in [1.165, 1.54) is 4.80 Å². The Labute approximate surface area is 132 Å². The first kappa shape index (κ1) is 13.5. The van der Waals surface area contributed by atoms with E-state index >= 15 is 0 Å². The van der Waals surface area contributed by atoms with Crippen LogP contribution in [0.1, 0.15) is 0 Å². The van der Waals surface area contributed by atoms with Crippen molar-refractivity contribution in [3.05, 3.63) is 39.0 Å². The van der Waals surface area contributed by atoms with Gasteiger partial charge in [0.25, 0.3) is 0 Å². The molecule has 20 heavy (non-hydrogen) atoms. The lowest BCUT2D eigenvalue weighted by molar-refractivity contribution is 0.630. The van der Waals surface area contributed by atoms with Crippen LogP contribution in [0.5, 0.6) is 0 Å². The molecule has 3 rings (SSSR count). The topological polar surface area (TPSA) is 61.4 Å². The third-order valence-corrected chi connectivity index (χ3v) is 3.91. The first-order chi connectivity index (χ1) is 9.56. The van der Waals surface area contributed by atoms with Gasteiger partial charge in [-0.25, -0.2) is 4.68 Å². The van der Waals surface area contributed by atoms with Crippen molar-refractivity contribution in [1.29, 1.82) is 0 Å². The highest BCUT2D eigenvalue weighted by Crippen LogP contribution is 2.31. The van der Waals surface area contributed by atoms with Gasteiger partial charge in [0.2, 0.25) is 5.82 Å². The maximum absolute atomic E-state index is 6.17. The fraction of sp³-hybridized carbons (Fsp3) is 0.0909. The Bertz CT molecular complexity index is 781. The number of aryl methyl sites for hydroxylation is 1. The molecule has 6 nitrogen and oxygen atoms in total. The standard InChI is InChI=1S/C11H7BrCl2N6/c1-19-17-11(16-18-19)7-5-15-20(10(7)12)9-4-6(13)2-3-8(9)14/h2-5H,1H3. The molecule has 102 valence electrons. The summed E-state index contributed by atoms with van der Waals surface area (Å²) in [4.78, 5) is 1.38. The molecular formula is C11H7BrCl2N6. The zero-order valence-electron chi connectivity index (χ0n) is 10.1. The second-order valence-corrected chi connectivity index (χ2v) is 5.55. The zero-order chi connectivity index (χ0) is 14.3. The van der Waals surface area contributed by atoms with Gasteiger partial charge < -0.3 is 0 Å².